The smallest absolute Gasteiger partial charge is 0.191 e. The molecule has 0 aromatic heterocycles. The summed E-state index contributed by atoms with van der Waals surface area (Å²) in [5, 5.41) is 16.5. The summed E-state index contributed by atoms with van der Waals surface area (Å²) in [6, 6.07) is 21.1. The van der Waals surface area contributed by atoms with Gasteiger partial charge in [-0.1, -0.05) is 60.7 Å². The van der Waals surface area contributed by atoms with E-state index in [1.165, 1.54) is 5.56 Å². The second-order valence-corrected chi connectivity index (χ2v) is 6.25. The van der Waals surface area contributed by atoms with Gasteiger partial charge < -0.3 is 15.7 Å². The van der Waals surface area contributed by atoms with Gasteiger partial charge in [-0.15, -0.1) is 0 Å². The fourth-order valence-electron chi connectivity index (χ4n) is 3.03. The predicted molar refractivity (Wildman–Crippen MR) is 98.4 cm³/mol. The number of aliphatic hydroxyl groups is 1. The van der Waals surface area contributed by atoms with Gasteiger partial charge in [-0.3, -0.25) is 4.99 Å². The van der Waals surface area contributed by atoms with E-state index in [4.69, 9.17) is 0 Å². The van der Waals surface area contributed by atoms with Gasteiger partial charge in [0.05, 0.1) is 6.61 Å². The van der Waals surface area contributed by atoms with Crippen molar-refractivity contribution >= 4 is 5.96 Å². The second kappa shape index (κ2) is 7.97. The molecule has 3 N–H and O–H groups in total. The van der Waals surface area contributed by atoms with E-state index in [-0.39, 0.29) is 12.5 Å². The quantitative estimate of drug-likeness (QED) is 0.565. The number of rotatable bonds is 6. The number of nitrogens with one attached hydrogen (secondary N) is 2. The van der Waals surface area contributed by atoms with Crippen LogP contribution in [-0.4, -0.2) is 37.3 Å². The highest BCUT2D eigenvalue weighted by molar-refractivity contribution is 5.80. The number of hydrogen-bond donors (Lipinski definition) is 3. The third-order valence-corrected chi connectivity index (χ3v) is 4.57. The zero-order chi connectivity index (χ0) is 16.8. The summed E-state index contributed by atoms with van der Waals surface area (Å²) < 4.78 is 0. The minimum absolute atomic E-state index is 0.0638. The van der Waals surface area contributed by atoms with Gasteiger partial charge in [0.1, 0.15) is 0 Å². The third-order valence-electron chi connectivity index (χ3n) is 4.57. The maximum Gasteiger partial charge on any atom is 0.191 e. The van der Waals surface area contributed by atoms with Gasteiger partial charge in [0, 0.05) is 31.5 Å². The van der Waals surface area contributed by atoms with Gasteiger partial charge in [-0.25, -0.2) is 0 Å². The van der Waals surface area contributed by atoms with Crippen molar-refractivity contribution in [2.75, 3.05) is 20.2 Å². The van der Waals surface area contributed by atoms with Gasteiger partial charge in [-0.05, 0) is 17.5 Å². The SMILES string of the molecule is CN=C(NCC(CO)c1ccccc1)NC1CC1c1ccccc1. The Hall–Kier alpha value is -2.33. The Balaban J connectivity index is 1.51. The Bertz CT molecular complexity index is 657. The van der Waals surface area contributed by atoms with E-state index in [9.17, 15) is 5.11 Å². The van der Waals surface area contributed by atoms with Crippen LogP contribution in [0, 0.1) is 0 Å². The predicted octanol–water partition coefficient (Wildman–Crippen LogP) is 2.48. The van der Waals surface area contributed by atoms with Crippen molar-refractivity contribution in [2.24, 2.45) is 4.99 Å². The highest BCUT2D eigenvalue weighted by atomic mass is 16.3. The van der Waals surface area contributed by atoms with Gasteiger partial charge in [0.25, 0.3) is 0 Å². The molecule has 3 rings (SSSR count). The van der Waals surface area contributed by atoms with Gasteiger partial charge in [0.2, 0.25) is 0 Å². The lowest BCUT2D eigenvalue weighted by Crippen LogP contribution is -2.41. The molecule has 0 heterocycles. The van der Waals surface area contributed by atoms with Crippen LogP contribution in [0.3, 0.4) is 0 Å². The fourth-order valence-corrected chi connectivity index (χ4v) is 3.03. The molecule has 0 bridgehead atoms. The number of aliphatic imine (C=N–C) groups is 1. The summed E-state index contributed by atoms with van der Waals surface area (Å²) >= 11 is 0. The van der Waals surface area contributed by atoms with E-state index in [1.807, 2.05) is 36.4 Å². The Kier molecular flexibility index (Phi) is 5.49. The Morgan fingerprint density at radius 3 is 2.42 bits per heavy atom. The van der Waals surface area contributed by atoms with Crippen LogP contribution in [0.15, 0.2) is 65.7 Å². The number of nitrogens with zero attached hydrogens (tertiary/aromatic N) is 1. The molecule has 4 heteroatoms. The van der Waals surface area contributed by atoms with Crippen molar-refractivity contribution in [1.82, 2.24) is 10.6 Å². The molecular weight excluding hydrogens is 298 g/mol. The molecule has 1 fully saturated rings. The first kappa shape index (κ1) is 16.5. The maximum absolute atomic E-state index is 9.65. The Morgan fingerprint density at radius 2 is 1.79 bits per heavy atom. The number of benzene rings is 2. The zero-order valence-electron chi connectivity index (χ0n) is 14.0. The molecule has 24 heavy (non-hydrogen) atoms. The van der Waals surface area contributed by atoms with Crippen molar-refractivity contribution in [3.05, 3.63) is 71.8 Å². The standard InChI is InChI=1S/C20H25N3O/c1-21-20(22-13-17(14-24)15-8-4-2-5-9-15)23-19-12-18(19)16-10-6-3-7-11-16/h2-11,17-19,24H,12-14H2,1H3,(H2,21,22,23). The molecule has 0 spiro atoms. The molecule has 1 aliphatic rings. The average molecular weight is 323 g/mol. The molecule has 0 radical (unpaired) electrons. The first-order valence-corrected chi connectivity index (χ1v) is 8.49. The minimum Gasteiger partial charge on any atom is -0.396 e. The zero-order valence-corrected chi connectivity index (χ0v) is 14.0. The lowest BCUT2D eigenvalue weighted by Gasteiger charge is -2.18. The molecule has 0 saturated heterocycles. The Morgan fingerprint density at radius 1 is 1.12 bits per heavy atom. The third kappa shape index (κ3) is 4.15. The number of aliphatic hydroxyl groups excluding tert-OH is 1. The summed E-state index contributed by atoms with van der Waals surface area (Å²) in [7, 11) is 1.78. The lowest BCUT2D eigenvalue weighted by atomic mass is 10.0. The van der Waals surface area contributed by atoms with E-state index in [0.29, 0.717) is 18.5 Å². The van der Waals surface area contributed by atoms with Crippen LogP contribution in [0.2, 0.25) is 0 Å². The van der Waals surface area contributed by atoms with E-state index in [2.05, 4.69) is 39.9 Å². The van der Waals surface area contributed by atoms with Gasteiger partial charge in [0.15, 0.2) is 5.96 Å². The first-order valence-electron chi connectivity index (χ1n) is 8.49. The van der Waals surface area contributed by atoms with Gasteiger partial charge in [-0.2, -0.15) is 0 Å². The monoisotopic (exact) mass is 323 g/mol. The average Bonchev–Trinajstić information content (AvgIpc) is 3.42. The highest BCUT2D eigenvalue weighted by Gasteiger charge is 2.38. The molecule has 3 unspecified atom stereocenters. The van der Waals surface area contributed by atoms with E-state index >= 15 is 0 Å². The molecule has 2 aromatic rings. The van der Waals surface area contributed by atoms with Crippen molar-refractivity contribution in [3.8, 4) is 0 Å². The van der Waals surface area contributed by atoms with E-state index < -0.39 is 0 Å². The summed E-state index contributed by atoms with van der Waals surface area (Å²) in [4.78, 5) is 4.31. The summed E-state index contributed by atoms with van der Waals surface area (Å²) in [5.74, 6) is 1.43. The lowest BCUT2D eigenvalue weighted by molar-refractivity contribution is 0.265. The number of hydrogen-bond acceptors (Lipinski definition) is 2. The minimum atomic E-state index is 0.0638. The summed E-state index contributed by atoms with van der Waals surface area (Å²) in [6.45, 7) is 0.771. The molecule has 0 aliphatic heterocycles. The maximum atomic E-state index is 9.65. The molecule has 1 aliphatic carbocycles. The second-order valence-electron chi connectivity index (χ2n) is 6.25. The number of guanidine groups is 1. The topological polar surface area (TPSA) is 56.7 Å². The normalized spacial score (nSPS) is 21.2. The van der Waals surface area contributed by atoms with E-state index in [0.717, 1.165) is 17.9 Å². The molecule has 4 nitrogen and oxygen atoms in total. The van der Waals surface area contributed by atoms with Crippen LogP contribution in [0.25, 0.3) is 0 Å². The molecule has 126 valence electrons. The van der Waals surface area contributed by atoms with E-state index in [1.54, 1.807) is 7.05 Å². The van der Waals surface area contributed by atoms with Crippen molar-refractivity contribution in [3.63, 3.8) is 0 Å². The Labute approximate surface area is 143 Å². The molecule has 0 amide bonds. The van der Waals surface area contributed by atoms with Crippen LogP contribution < -0.4 is 10.6 Å². The summed E-state index contributed by atoms with van der Waals surface area (Å²) in [5.41, 5.74) is 2.51. The van der Waals surface area contributed by atoms with Crippen LogP contribution in [0.5, 0.6) is 0 Å². The van der Waals surface area contributed by atoms with Crippen LogP contribution in [0.1, 0.15) is 29.4 Å². The largest absolute Gasteiger partial charge is 0.396 e. The van der Waals surface area contributed by atoms with Crippen molar-refractivity contribution in [1.29, 1.82) is 0 Å². The molecule has 2 aromatic carbocycles. The summed E-state index contributed by atoms with van der Waals surface area (Å²) in [6.07, 6.45) is 1.13. The van der Waals surface area contributed by atoms with Crippen LogP contribution in [0.4, 0.5) is 0 Å². The molecule has 3 atom stereocenters. The van der Waals surface area contributed by atoms with Crippen molar-refractivity contribution < 1.29 is 5.11 Å². The highest BCUT2D eigenvalue weighted by Crippen LogP contribution is 2.40. The van der Waals surface area contributed by atoms with Crippen LogP contribution in [-0.2, 0) is 0 Å². The van der Waals surface area contributed by atoms with Crippen LogP contribution >= 0.6 is 0 Å². The first-order chi connectivity index (χ1) is 11.8. The van der Waals surface area contributed by atoms with Crippen molar-refractivity contribution in [2.45, 2.75) is 24.3 Å². The fraction of sp³-hybridized carbons (Fsp3) is 0.350. The molecular formula is C20H25N3O. The molecule has 1 saturated carbocycles. The van der Waals surface area contributed by atoms with Gasteiger partial charge >= 0.3 is 0 Å².